The molecule has 1 aliphatic rings. The highest BCUT2D eigenvalue weighted by Crippen LogP contribution is 2.46. The van der Waals surface area contributed by atoms with E-state index in [2.05, 4.69) is 31.8 Å². The molecule has 1 rings (SSSR count). The molecule has 0 radical (unpaired) electrons. The fraction of sp³-hybridized carbons (Fsp3) is 0.722. The van der Waals surface area contributed by atoms with Gasteiger partial charge in [-0.2, -0.15) is 0 Å². The van der Waals surface area contributed by atoms with E-state index < -0.39 is 8.07 Å². The molecule has 1 nitrogen and oxygen atoms in total. The van der Waals surface area contributed by atoms with Crippen LogP contribution in [0.25, 0.3) is 0 Å². The minimum Gasteiger partial charge on any atom is -0.299 e. The Bertz CT molecular complexity index is 425. The van der Waals surface area contributed by atoms with Crippen LogP contribution in [0.4, 0.5) is 4.39 Å². The third-order valence-electron chi connectivity index (χ3n) is 4.29. The molecular formula is C18H31FOSi. The lowest BCUT2D eigenvalue weighted by Gasteiger charge is -2.11. The molecular weight excluding hydrogens is 279 g/mol. The Hall–Kier alpha value is -0.703. The Morgan fingerprint density at radius 2 is 1.76 bits per heavy atom. The summed E-state index contributed by atoms with van der Waals surface area (Å²) in [5.41, 5.74) is 0.690. The van der Waals surface area contributed by atoms with Crippen LogP contribution in [0.1, 0.15) is 52.4 Å². The first kappa shape index (κ1) is 18.3. The molecule has 0 N–H and O–H groups in total. The molecule has 120 valence electrons. The summed E-state index contributed by atoms with van der Waals surface area (Å²) in [4.78, 5) is 11.9. The van der Waals surface area contributed by atoms with Gasteiger partial charge in [-0.15, -0.1) is 0 Å². The number of carbonyl (C=O) groups excluding carboxylic acids is 1. The number of ketones is 1. The van der Waals surface area contributed by atoms with Crippen LogP contribution in [0.2, 0.25) is 25.7 Å². The number of hydrogen-bond donors (Lipinski definition) is 0. The molecule has 1 fully saturated rings. The van der Waals surface area contributed by atoms with Crippen molar-refractivity contribution in [2.24, 2.45) is 5.41 Å². The summed E-state index contributed by atoms with van der Waals surface area (Å²) in [6.07, 6.45) is 8.70. The molecule has 1 saturated carbocycles. The van der Waals surface area contributed by atoms with Crippen LogP contribution in [0.5, 0.6) is 0 Å². The highest BCUT2D eigenvalue weighted by atomic mass is 28.3. The maximum atomic E-state index is 14.0. The van der Waals surface area contributed by atoms with E-state index in [4.69, 9.17) is 0 Å². The Labute approximate surface area is 130 Å². The van der Waals surface area contributed by atoms with Crippen molar-refractivity contribution < 1.29 is 9.18 Å². The number of halogens is 1. The molecule has 1 aliphatic carbocycles. The van der Waals surface area contributed by atoms with Gasteiger partial charge in [0.2, 0.25) is 0 Å². The van der Waals surface area contributed by atoms with Gasteiger partial charge >= 0.3 is 0 Å². The number of Topliss-reactive ketones (excluding diaryl/α,β-unsaturated/α-hetero) is 1. The van der Waals surface area contributed by atoms with Crippen molar-refractivity contribution in [3.8, 4) is 0 Å². The van der Waals surface area contributed by atoms with Gasteiger partial charge in [-0.3, -0.25) is 4.79 Å². The zero-order valence-electron chi connectivity index (χ0n) is 14.4. The molecule has 0 aromatic heterocycles. The smallest absolute Gasteiger partial charge is 0.139 e. The van der Waals surface area contributed by atoms with E-state index >= 15 is 0 Å². The highest BCUT2D eigenvalue weighted by Gasteiger charge is 2.43. The normalized spacial score (nSPS) is 18.8. The summed E-state index contributed by atoms with van der Waals surface area (Å²) in [5.74, 6) is 0.159. The van der Waals surface area contributed by atoms with E-state index in [1.54, 1.807) is 0 Å². The summed E-state index contributed by atoms with van der Waals surface area (Å²) < 4.78 is 14.0. The Kier molecular flexibility index (Phi) is 6.58. The fourth-order valence-corrected chi connectivity index (χ4v) is 3.07. The monoisotopic (exact) mass is 310 g/mol. The molecule has 0 aromatic rings. The van der Waals surface area contributed by atoms with E-state index in [-0.39, 0.29) is 17.0 Å². The summed E-state index contributed by atoms with van der Waals surface area (Å²) in [6.45, 7) is 10.9. The molecule has 0 unspecified atom stereocenters. The fourth-order valence-electron chi connectivity index (χ4n) is 2.19. The van der Waals surface area contributed by atoms with Gasteiger partial charge in [0.1, 0.15) is 5.78 Å². The van der Waals surface area contributed by atoms with Crippen molar-refractivity contribution in [1.82, 2.24) is 0 Å². The second kappa shape index (κ2) is 7.53. The van der Waals surface area contributed by atoms with Crippen molar-refractivity contribution in [2.45, 2.75) is 78.1 Å². The molecule has 0 bridgehead atoms. The van der Waals surface area contributed by atoms with Gasteiger partial charge in [-0.1, -0.05) is 38.7 Å². The topological polar surface area (TPSA) is 17.1 Å². The van der Waals surface area contributed by atoms with Crippen molar-refractivity contribution in [3.63, 3.8) is 0 Å². The average Bonchev–Trinajstić information content (AvgIpc) is 3.12. The molecule has 0 heterocycles. The van der Waals surface area contributed by atoms with E-state index in [0.29, 0.717) is 12.8 Å². The third kappa shape index (κ3) is 7.21. The van der Waals surface area contributed by atoms with E-state index in [1.807, 2.05) is 13.8 Å². The van der Waals surface area contributed by atoms with Gasteiger partial charge in [-0.25, -0.2) is 4.39 Å². The van der Waals surface area contributed by atoms with Gasteiger partial charge in [0.05, 0.1) is 5.83 Å². The van der Waals surface area contributed by atoms with Crippen LogP contribution >= 0.6 is 0 Å². The van der Waals surface area contributed by atoms with Crippen molar-refractivity contribution in [2.75, 3.05) is 0 Å². The highest BCUT2D eigenvalue weighted by molar-refractivity contribution is 6.76. The summed E-state index contributed by atoms with van der Waals surface area (Å²) in [6, 6.07) is 1.19. The lowest BCUT2D eigenvalue weighted by atomic mass is 9.98. The summed E-state index contributed by atoms with van der Waals surface area (Å²) in [7, 11) is -1.00. The van der Waals surface area contributed by atoms with Crippen LogP contribution < -0.4 is 0 Å². The Morgan fingerprint density at radius 1 is 1.14 bits per heavy atom. The molecule has 0 aliphatic heterocycles. The van der Waals surface area contributed by atoms with Crippen molar-refractivity contribution >= 4 is 13.9 Å². The van der Waals surface area contributed by atoms with E-state index in [1.165, 1.54) is 6.04 Å². The largest absolute Gasteiger partial charge is 0.299 e. The van der Waals surface area contributed by atoms with Crippen LogP contribution in [0.15, 0.2) is 23.6 Å². The van der Waals surface area contributed by atoms with Gasteiger partial charge in [0, 0.05) is 26.3 Å². The zero-order valence-corrected chi connectivity index (χ0v) is 15.4. The Balaban J connectivity index is 2.28. The van der Waals surface area contributed by atoms with Crippen LogP contribution in [0, 0.1) is 5.41 Å². The van der Waals surface area contributed by atoms with Gasteiger partial charge < -0.3 is 0 Å². The number of rotatable bonds is 9. The minimum absolute atomic E-state index is 0.0776. The average molecular weight is 311 g/mol. The number of carbonyl (C=O) groups is 1. The second-order valence-electron chi connectivity index (χ2n) is 7.94. The number of hydrogen-bond acceptors (Lipinski definition) is 1. The minimum atomic E-state index is -1.00. The molecule has 0 saturated heterocycles. The van der Waals surface area contributed by atoms with Crippen LogP contribution in [-0.2, 0) is 4.79 Å². The van der Waals surface area contributed by atoms with Gasteiger partial charge in [0.25, 0.3) is 0 Å². The molecule has 0 atom stereocenters. The predicted octanol–water partition coefficient (Wildman–Crippen LogP) is 6.05. The molecule has 0 spiro atoms. The molecule has 21 heavy (non-hydrogen) atoms. The standard InChI is InChI=1S/C18H31FOSi/c1-15(9-7-6-8-14-21(3,4)5)16(19)10-11-17(20)18(2)12-13-18/h6,8H,7,9-14H2,1-5H3/b8-6-,16-15-. The maximum Gasteiger partial charge on any atom is 0.139 e. The predicted molar refractivity (Wildman–Crippen MR) is 91.9 cm³/mol. The zero-order chi connectivity index (χ0) is 16.1. The third-order valence-corrected chi connectivity index (χ3v) is 5.75. The van der Waals surface area contributed by atoms with Crippen LogP contribution in [0.3, 0.4) is 0 Å². The second-order valence-corrected chi connectivity index (χ2v) is 13.5. The van der Waals surface area contributed by atoms with Crippen LogP contribution in [-0.4, -0.2) is 13.9 Å². The number of allylic oxidation sites excluding steroid dienone is 4. The van der Waals surface area contributed by atoms with E-state index in [9.17, 15) is 9.18 Å². The quantitative estimate of drug-likeness (QED) is 0.374. The lowest BCUT2D eigenvalue weighted by molar-refractivity contribution is -0.123. The SMILES string of the molecule is C/C(CC/C=C\C[Si](C)(C)C)=C(/F)CCC(=O)C1(C)CC1. The first-order valence-electron chi connectivity index (χ1n) is 8.16. The Morgan fingerprint density at radius 3 is 2.29 bits per heavy atom. The first-order valence-corrected chi connectivity index (χ1v) is 11.9. The lowest BCUT2D eigenvalue weighted by Crippen LogP contribution is -2.17. The molecule has 3 heteroatoms. The van der Waals surface area contributed by atoms with Crippen molar-refractivity contribution in [3.05, 3.63) is 23.6 Å². The first-order chi connectivity index (χ1) is 9.64. The van der Waals surface area contributed by atoms with Crippen molar-refractivity contribution in [1.29, 1.82) is 0 Å². The maximum absolute atomic E-state index is 14.0. The van der Waals surface area contributed by atoms with Gasteiger partial charge in [0.15, 0.2) is 0 Å². The summed E-state index contributed by atoms with van der Waals surface area (Å²) in [5, 5.41) is 0. The molecule has 0 aromatic carbocycles. The molecule has 0 amide bonds. The van der Waals surface area contributed by atoms with Gasteiger partial charge in [-0.05, 0) is 44.2 Å². The van der Waals surface area contributed by atoms with E-state index in [0.717, 1.165) is 31.3 Å². The summed E-state index contributed by atoms with van der Waals surface area (Å²) >= 11 is 0.